The summed E-state index contributed by atoms with van der Waals surface area (Å²) >= 11 is 0. The molecule has 15 unspecified atom stereocenters. The molecule has 3 aliphatic heterocycles. The van der Waals surface area contributed by atoms with E-state index in [9.17, 15) is 57.8 Å². The van der Waals surface area contributed by atoms with E-state index in [-0.39, 0.29) is 57.5 Å². The smallest absolute Gasteiger partial charge is 0.338 e. The number of ether oxygens (including phenoxy) is 16. The first kappa shape index (κ1) is 83.6. The van der Waals surface area contributed by atoms with Crippen molar-refractivity contribution < 1.29 is 134 Å². The molecule has 28 nitrogen and oxygen atoms in total. The van der Waals surface area contributed by atoms with Crippen molar-refractivity contribution in [1.82, 2.24) is 0 Å². The van der Waals surface area contributed by atoms with Crippen molar-refractivity contribution in [2.24, 2.45) is 0 Å². The third-order valence-electron chi connectivity index (χ3n) is 18.5. The molecular weight excluding hydrogens is 1490 g/mol. The summed E-state index contributed by atoms with van der Waals surface area (Å²) in [7, 11) is 0. The Hall–Kier alpha value is -12.3. The van der Waals surface area contributed by atoms with Crippen molar-refractivity contribution in [2.45, 2.75) is 151 Å². The van der Waals surface area contributed by atoms with Crippen molar-refractivity contribution in [3.05, 3.63) is 287 Å². The Labute approximate surface area is 660 Å². The summed E-state index contributed by atoms with van der Waals surface area (Å²) < 4.78 is 103. The minimum absolute atomic E-state index is 0.00256. The van der Waals surface area contributed by atoms with Crippen LogP contribution in [0, 0.1) is 0 Å². The number of aliphatic carboxylic acids is 1. The maximum absolute atomic E-state index is 14.9. The van der Waals surface area contributed by atoms with E-state index in [4.69, 9.17) is 75.8 Å². The molecule has 0 amide bonds. The van der Waals surface area contributed by atoms with E-state index >= 15 is 0 Å². The quantitative estimate of drug-likeness (QED) is 0.0219. The molecule has 3 aliphatic rings. The summed E-state index contributed by atoms with van der Waals surface area (Å²) in [4.78, 5) is 156. The minimum Gasteiger partial charge on any atom is -0.481 e. The average Bonchev–Trinajstić information content (AvgIpc) is 0.767. The molecule has 3 fully saturated rings. The molecular formula is C87H84O28. The van der Waals surface area contributed by atoms with E-state index in [0.29, 0.717) is 38.5 Å². The number of hydrogen-bond acceptors (Lipinski definition) is 27. The normalized spacial score (nSPS) is 22.9. The maximum Gasteiger partial charge on any atom is 0.338 e. The largest absolute Gasteiger partial charge is 0.481 e. The Morgan fingerprint density at radius 1 is 0.270 bits per heavy atom. The van der Waals surface area contributed by atoms with Gasteiger partial charge in [-0.05, 0) is 110 Å². The second-order valence-corrected chi connectivity index (χ2v) is 26.7. The van der Waals surface area contributed by atoms with Gasteiger partial charge in [0.05, 0.1) is 51.1 Å². The number of carboxylic acids is 1. The predicted octanol–water partition coefficient (Wildman–Crippen LogP) is 11.3. The Bertz CT molecular complexity index is 4530. The first-order valence-corrected chi connectivity index (χ1v) is 37.3. The molecule has 0 bridgehead atoms. The van der Waals surface area contributed by atoms with Gasteiger partial charge in [0.2, 0.25) is 0 Å². The highest BCUT2D eigenvalue weighted by molar-refractivity contribution is 5.94. The number of rotatable bonds is 35. The fourth-order valence-corrected chi connectivity index (χ4v) is 12.9. The summed E-state index contributed by atoms with van der Waals surface area (Å²) in [6.45, 7) is -0.665. The number of benzene rings is 8. The SMILES string of the molecule is CC(=O)OC1C(COC2OC(COC(=O)c3ccccc3)C(OC(=O)c3ccccc3)C(OC(=O)c3ccccc3)C2OC(=O)c2ccccc2)OC(OCCCCCCCCC(=O)O)C(OC(C)=O)C1OC1OC(COC(=O)c2ccccc2)C(OC(=O)c2ccccc2)C(OC(=O)c2ccccc2)C1OC(=O)c1ccccc1. The van der Waals surface area contributed by atoms with Gasteiger partial charge in [0.15, 0.2) is 67.7 Å². The number of carboxylic acid groups (broad SMARTS) is 1. The maximum atomic E-state index is 14.9. The lowest BCUT2D eigenvalue weighted by molar-refractivity contribution is -0.365. The van der Waals surface area contributed by atoms with Crippen molar-refractivity contribution in [2.75, 3.05) is 26.4 Å². The van der Waals surface area contributed by atoms with Gasteiger partial charge in [0, 0.05) is 26.9 Å². The van der Waals surface area contributed by atoms with Crippen molar-refractivity contribution in [3.63, 3.8) is 0 Å². The van der Waals surface area contributed by atoms with Gasteiger partial charge in [-0.15, -0.1) is 0 Å². The van der Waals surface area contributed by atoms with Crippen LogP contribution in [0.2, 0.25) is 0 Å². The Morgan fingerprint density at radius 3 is 0.861 bits per heavy atom. The lowest BCUT2D eigenvalue weighted by Crippen LogP contribution is -2.68. The van der Waals surface area contributed by atoms with Crippen LogP contribution < -0.4 is 0 Å². The molecule has 0 aromatic heterocycles. The highest BCUT2D eigenvalue weighted by Gasteiger charge is 2.60. The van der Waals surface area contributed by atoms with Gasteiger partial charge in [-0.1, -0.05) is 171 Å². The zero-order valence-electron chi connectivity index (χ0n) is 62.5. The second kappa shape index (κ2) is 42.0. The molecule has 115 heavy (non-hydrogen) atoms. The fourth-order valence-electron chi connectivity index (χ4n) is 12.9. The number of esters is 10. The second-order valence-electron chi connectivity index (χ2n) is 26.7. The number of carbonyl (C=O) groups excluding carboxylic acids is 10. The molecule has 0 spiro atoms. The molecule has 0 saturated carbocycles. The first-order chi connectivity index (χ1) is 55.8. The minimum atomic E-state index is -2.21. The van der Waals surface area contributed by atoms with Gasteiger partial charge in [0.1, 0.15) is 37.6 Å². The summed E-state index contributed by atoms with van der Waals surface area (Å²) in [5.74, 6) is -11.1. The topological polar surface area (TPSA) is 356 Å². The zero-order chi connectivity index (χ0) is 81.0. The first-order valence-electron chi connectivity index (χ1n) is 37.3. The summed E-state index contributed by atoms with van der Waals surface area (Å²) in [6, 6.07) is 61.0. The van der Waals surface area contributed by atoms with Gasteiger partial charge in [-0.3, -0.25) is 14.4 Å². The molecule has 0 radical (unpaired) electrons. The fraction of sp³-hybridized carbons (Fsp3) is 0.322. The van der Waals surface area contributed by atoms with Gasteiger partial charge in [-0.2, -0.15) is 0 Å². The summed E-state index contributed by atoms with van der Waals surface area (Å²) in [5, 5.41) is 9.27. The molecule has 8 aromatic rings. The predicted molar refractivity (Wildman–Crippen MR) is 401 cm³/mol. The van der Waals surface area contributed by atoms with Crippen LogP contribution in [0.25, 0.3) is 0 Å². The zero-order valence-corrected chi connectivity index (χ0v) is 62.5. The average molecular weight is 1580 g/mol. The molecule has 3 heterocycles. The van der Waals surface area contributed by atoms with Crippen molar-refractivity contribution >= 4 is 65.7 Å². The molecule has 0 aliphatic carbocycles. The monoisotopic (exact) mass is 1580 g/mol. The lowest BCUT2D eigenvalue weighted by Gasteiger charge is -2.49. The molecule has 1 N–H and O–H groups in total. The number of hydrogen-bond donors (Lipinski definition) is 1. The van der Waals surface area contributed by atoms with E-state index in [2.05, 4.69) is 0 Å². The Kier molecular flexibility index (Phi) is 30.5. The highest BCUT2D eigenvalue weighted by Crippen LogP contribution is 2.39. The van der Waals surface area contributed by atoms with Crippen LogP contribution in [0.5, 0.6) is 0 Å². The third kappa shape index (κ3) is 23.7. The molecule has 11 rings (SSSR count). The van der Waals surface area contributed by atoms with Crippen LogP contribution in [0.4, 0.5) is 0 Å². The Morgan fingerprint density at radius 2 is 0.522 bits per heavy atom. The lowest BCUT2D eigenvalue weighted by atomic mass is 9.95. The van der Waals surface area contributed by atoms with Gasteiger partial charge in [0.25, 0.3) is 0 Å². The van der Waals surface area contributed by atoms with Crippen LogP contribution in [-0.2, 0) is 90.2 Å². The van der Waals surface area contributed by atoms with E-state index in [1.807, 2.05) is 0 Å². The molecule has 15 atom stereocenters. The van der Waals surface area contributed by atoms with Crippen molar-refractivity contribution in [1.29, 1.82) is 0 Å². The van der Waals surface area contributed by atoms with E-state index < -0.39 is 178 Å². The van der Waals surface area contributed by atoms with Gasteiger partial charge < -0.3 is 80.9 Å². The number of carbonyl (C=O) groups is 11. The summed E-state index contributed by atoms with van der Waals surface area (Å²) in [5.41, 5.74) is -0.0780. The molecule has 3 saturated heterocycles. The van der Waals surface area contributed by atoms with Crippen molar-refractivity contribution in [3.8, 4) is 0 Å². The van der Waals surface area contributed by atoms with Crippen LogP contribution >= 0.6 is 0 Å². The molecule has 28 heteroatoms. The van der Waals surface area contributed by atoms with Crippen LogP contribution in [0.3, 0.4) is 0 Å². The van der Waals surface area contributed by atoms with Gasteiger partial charge in [-0.25, -0.2) is 38.4 Å². The third-order valence-corrected chi connectivity index (χ3v) is 18.5. The van der Waals surface area contributed by atoms with Crippen LogP contribution in [-0.4, -0.2) is 189 Å². The van der Waals surface area contributed by atoms with E-state index in [0.717, 1.165) is 13.8 Å². The van der Waals surface area contributed by atoms with Crippen LogP contribution in [0.15, 0.2) is 243 Å². The Balaban J connectivity index is 1.04. The standard InChI is InChI=1S/C87H84O28/c1-54(88)104-68-66(53-103-86-75(113-83(98)62-45-27-13-28-46-62)71(111-81(96)60-41-23-11-24-42-60)69(109-79(94)58-37-19-9-20-38-58)64(107-86)51-101-77(92)56-33-15-7-16-34-56)106-85(100-50-32-6-4-3-5-31-49-67(90)91)74(105-55(2)89)73(68)115-87-76(114-84(99)63-47-29-14-30-48-63)72(112-82(97)61-43-25-12-26-44-61)70(110-80(95)59-39-21-10-22-40-59)65(108-87)52-102-78(93)57-35-17-8-18-36-57/h7-30,33-48,64-66,68-76,85-87H,3-6,31-32,49-53H2,1-2H3,(H,90,91). The summed E-state index contributed by atoms with van der Waals surface area (Å²) in [6.07, 6.45) is -26.0. The molecule has 8 aromatic carbocycles. The highest BCUT2D eigenvalue weighted by atomic mass is 16.8. The van der Waals surface area contributed by atoms with E-state index in [1.165, 1.54) is 121 Å². The van der Waals surface area contributed by atoms with Gasteiger partial charge >= 0.3 is 65.7 Å². The molecule has 600 valence electrons. The van der Waals surface area contributed by atoms with Crippen LogP contribution in [0.1, 0.15) is 142 Å². The number of unbranched alkanes of at least 4 members (excludes halogenated alkanes) is 5. The van der Waals surface area contributed by atoms with E-state index in [1.54, 1.807) is 121 Å².